The normalized spacial score (nSPS) is 10.5. The molecule has 0 radical (unpaired) electrons. The number of halogens is 3. The average molecular weight is 262 g/mol. The van der Waals surface area contributed by atoms with Crippen LogP contribution in [0.5, 0.6) is 5.75 Å². The molecule has 1 rings (SSSR count). The largest absolute Gasteiger partial charge is 0.483 e. The van der Waals surface area contributed by atoms with Crippen molar-refractivity contribution >= 4 is 17.5 Å². The fourth-order valence-electron chi connectivity index (χ4n) is 0.922. The molecule has 0 spiro atoms. The number of nitrogens with two attached hydrogens (primary N) is 1. The first-order valence-corrected chi connectivity index (χ1v) is 4.56. The molecule has 0 unspecified atom stereocenters. The van der Waals surface area contributed by atoms with E-state index in [1.807, 2.05) is 0 Å². The quantitative estimate of drug-likeness (QED) is 0.486. The maximum Gasteiger partial charge on any atom is 0.483 e. The van der Waals surface area contributed by atoms with Crippen LogP contribution in [0.4, 0.5) is 8.78 Å². The van der Waals surface area contributed by atoms with Crippen molar-refractivity contribution in [3.63, 3.8) is 0 Å². The number of alkyl halides is 2. The monoisotopic (exact) mass is 261 g/mol. The van der Waals surface area contributed by atoms with E-state index in [4.69, 9.17) is 16.9 Å². The van der Waals surface area contributed by atoms with E-state index in [1.54, 1.807) is 6.07 Å². The van der Waals surface area contributed by atoms with Crippen molar-refractivity contribution in [3.05, 3.63) is 28.8 Å². The van der Waals surface area contributed by atoms with Gasteiger partial charge in [-0.05, 0) is 18.2 Å². The molecule has 0 fully saturated rings. The van der Waals surface area contributed by atoms with Crippen molar-refractivity contribution in [2.75, 3.05) is 0 Å². The number of benzene rings is 1. The number of nitrogens with zero attached hydrogens (tertiary/aromatic N) is 1. The standard InChI is InChI=1S/C9H6ClF2N3O2/c10-6-3-5(4-13)1-2-7(6)17-9(11,12)8(16)15-14/h1-3H,14H2,(H,15,16). The van der Waals surface area contributed by atoms with E-state index in [-0.39, 0.29) is 10.6 Å². The third-order valence-electron chi connectivity index (χ3n) is 1.69. The van der Waals surface area contributed by atoms with E-state index in [1.165, 1.54) is 11.5 Å². The molecule has 17 heavy (non-hydrogen) atoms. The number of carbonyl (C=O) groups excluding carboxylic acids is 1. The molecule has 1 aromatic carbocycles. The minimum atomic E-state index is -4.15. The minimum Gasteiger partial charge on any atom is -0.424 e. The van der Waals surface area contributed by atoms with E-state index in [0.717, 1.165) is 12.1 Å². The molecule has 0 atom stereocenters. The zero-order chi connectivity index (χ0) is 13.1. The lowest BCUT2D eigenvalue weighted by Gasteiger charge is -2.16. The second-order valence-corrected chi connectivity index (χ2v) is 3.26. The van der Waals surface area contributed by atoms with Gasteiger partial charge in [0.25, 0.3) is 0 Å². The summed E-state index contributed by atoms with van der Waals surface area (Å²) < 4.78 is 30.2. The van der Waals surface area contributed by atoms with E-state index >= 15 is 0 Å². The summed E-state index contributed by atoms with van der Waals surface area (Å²) in [5.41, 5.74) is 1.43. The summed E-state index contributed by atoms with van der Waals surface area (Å²) in [6.07, 6.45) is -4.15. The number of ether oxygens (including phenoxy) is 1. The smallest absolute Gasteiger partial charge is 0.424 e. The Balaban J connectivity index is 2.97. The number of hydrogen-bond donors (Lipinski definition) is 2. The third kappa shape index (κ3) is 3.03. The molecule has 0 heterocycles. The Morgan fingerprint density at radius 3 is 2.71 bits per heavy atom. The van der Waals surface area contributed by atoms with Gasteiger partial charge in [-0.1, -0.05) is 11.6 Å². The molecule has 0 aliphatic carbocycles. The summed E-state index contributed by atoms with van der Waals surface area (Å²) in [7, 11) is 0. The Kier molecular flexibility index (Phi) is 3.83. The van der Waals surface area contributed by atoms with Gasteiger partial charge in [0.2, 0.25) is 0 Å². The summed E-state index contributed by atoms with van der Waals surface area (Å²) >= 11 is 5.59. The summed E-state index contributed by atoms with van der Waals surface area (Å²) in [4.78, 5) is 10.7. The molecule has 0 saturated heterocycles. The predicted molar refractivity (Wildman–Crippen MR) is 54.1 cm³/mol. The van der Waals surface area contributed by atoms with Gasteiger partial charge in [-0.3, -0.25) is 10.2 Å². The number of rotatable bonds is 3. The van der Waals surface area contributed by atoms with Crippen LogP contribution < -0.4 is 16.0 Å². The Morgan fingerprint density at radius 2 is 2.24 bits per heavy atom. The molecule has 0 bridgehead atoms. The van der Waals surface area contributed by atoms with Gasteiger partial charge in [0.05, 0.1) is 16.7 Å². The Labute approximate surface area is 99.7 Å². The maximum absolute atomic E-state index is 13.0. The highest BCUT2D eigenvalue weighted by molar-refractivity contribution is 6.32. The number of hydrazine groups is 1. The highest BCUT2D eigenvalue weighted by Crippen LogP contribution is 2.30. The van der Waals surface area contributed by atoms with Crippen LogP contribution in [-0.2, 0) is 4.79 Å². The van der Waals surface area contributed by atoms with Crippen LogP contribution in [0, 0.1) is 11.3 Å². The lowest BCUT2D eigenvalue weighted by molar-refractivity contribution is -0.192. The fourth-order valence-corrected chi connectivity index (χ4v) is 1.14. The number of nitriles is 1. The summed E-state index contributed by atoms with van der Waals surface area (Å²) in [5, 5.41) is 8.32. The molecule has 8 heteroatoms. The lowest BCUT2D eigenvalue weighted by atomic mass is 10.2. The second-order valence-electron chi connectivity index (χ2n) is 2.85. The lowest BCUT2D eigenvalue weighted by Crippen LogP contribution is -2.47. The van der Waals surface area contributed by atoms with Gasteiger partial charge in [-0.15, -0.1) is 0 Å². The van der Waals surface area contributed by atoms with Crippen LogP contribution in [0.3, 0.4) is 0 Å². The predicted octanol–water partition coefficient (Wildman–Crippen LogP) is 1.17. The fraction of sp³-hybridized carbons (Fsp3) is 0.111. The molecule has 0 aliphatic rings. The molecule has 90 valence electrons. The molecule has 1 aromatic rings. The van der Waals surface area contributed by atoms with E-state index < -0.39 is 17.8 Å². The third-order valence-corrected chi connectivity index (χ3v) is 1.99. The second kappa shape index (κ2) is 4.95. The van der Waals surface area contributed by atoms with Crippen LogP contribution in [0.15, 0.2) is 18.2 Å². The zero-order valence-electron chi connectivity index (χ0n) is 8.21. The van der Waals surface area contributed by atoms with Gasteiger partial charge in [0.15, 0.2) is 0 Å². The zero-order valence-corrected chi connectivity index (χ0v) is 8.96. The summed E-state index contributed by atoms with van der Waals surface area (Å²) in [5.74, 6) is 2.32. The summed E-state index contributed by atoms with van der Waals surface area (Å²) in [6.45, 7) is 0. The highest BCUT2D eigenvalue weighted by Gasteiger charge is 2.42. The molecular weight excluding hydrogens is 256 g/mol. The van der Waals surface area contributed by atoms with Crippen molar-refractivity contribution in [2.45, 2.75) is 6.11 Å². The van der Waals surface area contributed by atoms with E-state index in [2.05, 4.69) is 10.6 Å². The first-order valence-electron chi connectivity index (χ1n) is 4.18. The van der Waals surface area contributed by atoms with Crippen molar-refractivity contribution in [1.29, 1.82) is 5.26 Å². The highest BCUT2D eigenvalue weighted by atomic mass is 35.5. The number of carbonyl (C=O) groups is 1. The SMILES string of the molecule is N#Cc1ccc(OC(F)(F)C(=O)NN)c(Cl)c1. The number of hydrogen-bond acceptors (Lipinski definition) is 4. The van der Waals surface area contributed by atoms with Gasteiger partial charge < -0.3 is 4.74 Å². The molecule has 0 saturated carbocycles. The van der Waals surface area contributed by atoms with E-state index in [9.17, 15) is 13.6 Å². The average Bonchev–Trinajstić information content (AvgIpc) is 2.30. The van der Waals surface area contributed by atoms with Gasteiger partial charge >= 0.3 is 12.0 Å². The molecule has 0 aliphatic heterocycles. The van der Waals surface area contributed by atoms with Crippen LogP contribution >= 0.6 is 11.6 Å². The Morgan fingerprint density at radius 1 is 1.59 bits per heavy atom. The first kappa shape index (κ1) is 13.2. The Bertz CT molecular complexity index is 488. The maximum atomic E-state index is 13.0. The number of amides is 1. The van der Waals surface area contributed by atoms with Crippen LogP contribution in [-0.4, -0.2) is 12.0 Å². The van der Waals surface area contributed by atoms with Crippen molar-refractivity contribution < 1.29 is 18.3 Å². The molecule has 1 amide bonds. The van der Waals surface area contributed by atoms with Gasteiger partial charge in [-0.2, -0.15) is 14.0 Å². The van der Waals surface area contributed by atoms with Crippen LogP contribution in [0.25, 0.3) is 0 Å². The Hall–Kier alpha value is -1.91. The molecule has 3 N–H and O–H groups in total. The summed E-state index contributed by atoms with van der Waals surface area (Å²) in [6, 6.07) is 5.17. The molecule has 5 nitrogen and oxygen atoms in total. The first-order chi connectivity index (χ1) is 7.90. The van der Waals surface area contributed by atoms with Crippen LogP contribution in [0.2, 0.25) is 5.02 Å². The van der Waals surface area contributed by atoms with Crippen molar-refractivity contribution in [2.24, 2.45) is 5.84 Å². The molecule has 0 aromatic heterocycles. The van der Waals surface area contributed by atoms with Crippen LogP contribution in [0.1, 0.15) is 5.56 Å². The van der Waals surface area contributed by atoms with E-state index in [0.29, 0.717) is 0 Å². The van der Waals surface area contributed by atoms with Crippen molar-refractivity contribution in [3.8, 4) is 11.8 Å². The number of nitrogens with one attached hydrogen (secondary N) is 1. The topological polar surface area (TPSA) is 88.1 Å². The van der Waals surface area contributed by atoms with Gasteiger partial charge in [-0.25, -0.2) is 5.84 Å². The minimum absolute atomic E-state index is 0.175. The van der Waals surface area contributed by atoms with Gasteiger partial charge in [0, 0.05) is 0 Å². The van der Waals surface area contributed by atoms with Crippen molar-refractivity contribution in [1.82, 2.24) is 5.43 Å². The van der Waals surface area contributed by atoms with Gasteiger partial charge in [0.1, 0.15) is 5.75 Å². The molecular formula is C9H6ClF2N3O2.